The van der Waals surface area contributed by atoms with Crippen LogP contribution in [0.1, 0.15) is 22.3 Å². The summed E-state index contributed by atoms with van der Waals surface area (Å²) >= 11 is 6.03. The molecule has 154 valence electrons. The van der Waals surface area contributed by atoms with E-state index in [-0.39, 0.29) is 0 Å². The van der Waals surface area contributed by atoms with Crippen LogP contribution in [0.25, 0.3) is 17.7 Å². The van der Waals surface area contributed by atoms with E-state index in [2.05, 4.69) is 6.07 Å². The minimum absolute atomic E-state index is 0.291. The minimum atomic E-state index is -0.515. The van der Waals surface area contributed by atoms with E-state index in [1.807, 2.05) is 37.3 Å². The number of ether oxygens (including phenoxy) is 2. The standard InChI is InChI=1S/C26H20ClNO3/c1-18-6-8-19(9-7-18)11-13-26(29)31-24-12-10-20(15-25(24)30-2)14-22(17-28)21-4-3-5-23(27)16-21/h3-16H,1-2H3/b13-11+,22-14-. The van der Waals surface area contributed by atoms with Crippen molar-refractivity contribution in [1.29, 1.82) is 5.26 Å². The fourth-order valence-electron chi connectivity index (χ4n) is 2.85. The lowest BCUT2D eigenvalue weighted by molar-refractivity contribution is -0.129. The zero-order valence-corrected chi connectivity index (χ0v) is 17.9. The number of hydrogen-bond acceptors (Lipinski definition) is 4. The van der Waals surface area contributed by atoms with Crippen LogP contribution in [-0.2, 0) is 4.79 Å². The van der Waals surface area contributed by atoms with E-state index in [0.29, 0.717) is 27.7 Å². The maximum Gasteiger partial charge on any atom is 0.336 e. The van der Waals surface area contributed by atoms with Crippen molar-refractivity contribution in [3.8, 4) is 17.6 Å². The molecule has 5 heteroatoms. The van der Waals surface area contributed by atoms with Crippen LogP contribution in [0.5, 0.6) is 11.5 Å². The van der Waals surface area contributed by atoms with Gasteiger partial charge < -0.3 is 9.47 Å². The second kappa shape index (κ2) is 10.3. The lowest BCUT2D eigenvalue weighted by Crippen LogP contribution is -2.05. The number of nitriles is 1. The Bertz CT molecular complexity index is 1190. The molecule has 0 saturated carbocycles. The largest absolute Gasteiger partial charge is 0.493 e. The number of hydrogen-bond donors (Lipinski definition) is 0. The summed E-state index contributed by atoms with van der Waals surface area (Å²) in [6.07, 6.45) is 4.78. The highest BCUT2D eigenvalue weighted by Crippen LogP contribution is 2.30. The number of aryl methyl sites for hydroxylation is 1. The van der Waals surface area contributed by atoms with Crippen molar-refractivity contribution in [2.24, 2.45) is 0 Å². The molecule has 0 aliphatic rings. The van der Waals surface area contributed by atoms with Gasteiger partial charge in [-0.05, 0) is 60.0 Å². The summed E-state index contributed by atoms with van der Waals surface area (Å²) in [7, 11) is 1.49. The third-order valence-electron chi connectivity index (χ3n) is 4.45. The first kappa shape index (κ1) is 21.9. The van der Waals surface area contributed by atoms with Gasteiger partial charge in [0.2, 0.25) is 0 Å². The number of halogens is 1. The predicted molar refractivity (Wildman–Crippen MR) is 124 cm³/mol. The molecule has 0 amide bonds. The highest BCUT2D eigenvalue weighted by molar-refractivity contribution is 6.30. The first-order chi connectivity index (χ1) is 15.0. The molecule has 0 aliphatic heterocycles. The third kappa shape index (κ3) is 6.08. The van der Waals surface area contributed by atoms with Gasteiger partial charge in [-0.25, -0.2) is 4.79 Å². The average molecular weight is 430 g/mol. The molecule has 0 unspecified atom stereocenters. The van der Waals surface area contributed by atoms with Crippen molar-refractivity contribution in [2.45, 2.75) is 6.92 Å². The van der Waals surface area contributed by atoms with Gasteiger partial charge in [-0.2, -0.15) is 5.26 Å². The molecule has 3 rings (SSSR count). The number of allylic oxidation sites excluding steroid dienone is 1. The Labute approximate surface area is 186 Å². The van der Waals surface area contributed by atoms with Crippen LogP contribution in [0.2, 0.25) is 5.02 Å². The molecule has 0 aromatic heterocycles. The Hall–Kier alpha value is -3.81. The van der Waals surface area contributed by atoms with Crippen LogP contribution < -0.4 is 9.47 Å². The maximum atomic E-state index is 12.2. The summed E-state index contributed by atoms with van der Waals surface area (Å²) in [5.41, 5.74) is 3.94. The van der Waals surface area contributed by atoms with Gasteiger partial charge >= 0.3 is 5.97 Å². The van der Waals surface area contributed by atoms with Gasteiger partial charge in [-0.3, -0.25) is 0 Å². The molecule has 0 bridgehead atoms. The average Bonchev–Trinajstić information content (AvgIpc) is 2.78. The van der Waals surface area contributed by atoms with Gasteiger partial charge in [0.15, 0.2) is 11.5 Å². The highest BCUT2D eigenvalue weighted by atomic mass is 35.5. The normalized spacial score (nSPS) is 11.2. The SMILES string of the molecule is COc1cc(/C=C(/C#N)c2cccc(Cl)c2)ccc1OC(=O)/C=C/c1ccc(C)cc1. The zero-order valence-electron chi connectivity index (χ0n) is 17.1. The van der Waals surface area contributed by atoms with Gasteiger partial charge in [0, 0.05) is 11.1 Å². The number of esters is 1. The number of carbonyl (C=O) groups is 1. The molecular weight excluding hydrogens is 410 g/mol. The van der Waals surface area contributed by atoms with Gasteiger partial charge in [0.1, 0.15) is 0 Å². The van der Waals surface area contributed by atoms with Crippen molar-refractivity contribution >= 4 is 35.3 Å². The molecule has 0 heterocycles. The fourth-order valence-corrected chi connectivity index (χ4v) is 3.04. The second-order valence-corrected chi connectivity index (χ2v) is 7.19. The summed E-state index contributed by atoms with van der Waals surface area (Å²) in [4.78, 5) is 12.2. The highest BCUT2D eigenvalue weighted by Gasteiger charge is 2.10. The summed E-state index contributed by atoms with van der Waals surface area (Å²) in [6, 6.07) is 22.1. The minimum Gasteiger partial charge on any atom is -0.493 e. The fraction of sp³-hybridized carbons (Fsp3) is 0.0769. The molecule has 0 N–H and O–H groups in total. The molecule has 3 aromatic carbocycles. The summed E-state index contributed by atoms with van der Waals surface area (Å²) in [6.45, 7) is 2.00. The Morgan fingerprint density at radius 3 is 2.42 bits per heavy atom. The summed E-state index contributed by atoms with van der Waals surface area (Å²) in [5.74, 6) is 0.160. The van der Waals surface area contributed by atoms with Gasteiger partial charge in [0.05, 0.1) is 18.8 Å². The van der Waals surface area contributed by atoms with Crippen LogP contribution in [0.3, 0.4) is 0 Å². The number of rotatable bonds is 6. The molecule has 3 aromatic rings. The van der Waals surface area contributed by atoms with Crippen molar-refractivity contribution in [3.05, 3.63) is 100 Å². The Morgan fingerprint density at radius 1 is 1.00 bits per heavy atom. The van der Waals surface area contributed by atoms with Crippen LogP contribution in [0.4, 0.5) is 0 Å². The molecule has 0 saturated heterocycles. The number of methoxy groups -OCH3 is 1. The second-order valence-electron chi connectivity index (χ2n) is 6.76. The van der Waals surface area contributed by atoms with Crippen LogP contribution in [-0.4, -0.2) is 13.1 Å². The molecule has 0 atom stereocenters. The monoisotopic (exact) mass is 429 g/mol. The molecule has 0 fully saturated rings. The van der Waals surface area contributed by atoms with E-state index < -0.39 is 5.97 Å². The summed E-state index contributed by atoms with van der Waals surface area (Å²) < 4.78 is 10.8. The lowest BCUT2D eigenvalue weighted by Gasteiger charge is -2.09. The van der Waals surface area contributed by atoms with E-state index in [4.69, 9.17) is 21.1 Å². The predicted octanol–water partition coefficient (Wildman–Crippen LogP) is 6.34. The van der Waals surface area contributed by atoms with E-state index in [9.17, 15) is 10.1 Å². The molecule has 0 aliphatic carbocycles. The zero-order chi connectivity index (χ0) is 22.2. The summed E-state index contributed by atoms with van der Waals surface area (Å²) in [5, 5.41) is 10.1. The Kier molecular flexibility index (Phi) is 7.26. The van der Waals surface area contributed by atoms with E-state index in [1.165, 1.54) is 13.2 Å². The maximum absolute atomic E-state index is 12.2. The molecule has 0 radical (unpaired) electrons. The van der Waals surface area contributed by atoms with Crippen LogP contribution >= 0.6 is 11.6 Å². The van der Waals surface area contributed by atoms with E-state index >= 15 is 0 Å². The van der Waals surface area contributed by atoms with Gasteiger partial charge in [0.25, 0.3) is 0 Å². The van der Waals surface area contributed by atoms with Crippen molar-refractivity contribution in [2.75, 3.05) is 7.11 Å². The van der Waals surface area contributed by atoms with Gasteiger partial charge in [-0.1, -0.05) is 59.6 Å². The van der Waals surface area contributed by atoms with Crippen LogP contribution in [0, 0.1) is 18.3 Å². The Morgan fingerprint density at radius 2 is 1.74 bits per heavy atom. The first-order valence-electron chi connectivity index (χ1n) is 9.51. The Balaban J connectivity index is 1.78. The molecule has 0 spiro atoms. The molecule has 4 nitrogen and oxygen atoms in total. The molecule has 31 heavy (non-hydrogen) atoms. The lowest BCUT2D eigenvalue weighted by atomic mass is 10.0. The van der Waals surface area contributed by atoms with E-state index in [1.54, 1.807) is 48.6 Å². The quantitative estimate of drug-likeness (QED) is 0.151. The number of carbonyl (C=O) groups excluding carboxylic acids is 1. The first-order valence-corrected chi connectivity index (χ1v) is 9.88. The van der Waals surface area contributed by atoms with Crippen molar-refractivity contribution in [3.63, 3.8) is 0 Å². The third-order valence-corrected chi connectivity index (χ3v) is 4.69. The smallest absolute Gasteiger partial charge is 0.336 e. The van der Waals surface area contributed by atoms with E-state index in [0.717, 1.165) is 16.7 Å². The molecular formula is C26H20ClNO3. The number of nitrogens with zero attached hydrogens (tertiary/aromatic N) is 1. The van der Waals surface area contributed by atoms with Crippen molar-refractivity contribution in [1.82, 2.24) is 0 Å². The van der Waals surface area contributed by atoms with Crippen LogP contribution in [0.15, 0.2) is 72.8 Å². The van der Waals surface area contributed by atoms with Crippen molar-refractivity contribution < 1.29 is 14.3 Å². The topological polar surface area (TPSA) is 59.3 Å². The van der Waals surface area contributed by atoms with Gasteiger partial charge in [-0.15, -0.1) is 0 Å². The number of benzene rings is 3.